The largest absolute Gasteiger partial charge is 0.494 e. The monoisotopic (exact) mass is 246 g/mol. The summed E-state index contributed by atoms with van der Waals surface area (Å²) in [5.74, 6) is 0.691. The van der Waals surface area contributed by atoms with Gasteiger partial charge in [-0.1, -0.05) is 12.1 Å². The van der Waals surface area contributed by atoms with E-state index < -0.39 is 6.03 Å². The summed E-state index contributed by atoms with van der Waals surface area (Å²) in [6.07, 6.45) is 2.63. The van der Waals surface area contributed by atoms with Crippen molar-refractivity contribution in [1.82, 2.24) is 5.43 Å². The van der Waals surface area contributed by atoms with Crippen LogP contribution in [0.25, 0.3) is 0 Å². The quantitative estimate of drug-likeness (QED) is 0.450. The van der Waals surface area contributed by atoms with E-state index in [-0.39, 0.29) is 0 Å². The Morgan fingerprint density at radius 1 is 1.61 bits per heavy atom. The van der Waals surface area contributed by atoms with E-state index in [1.165, 1.54) is 6.21 Å². The normalized spacial score (nSPS) is 9.94. The number of nitrogens with two attached hydrogens (primary N) is 1. The Bertz CT molecular complexity index is 465. The highest BCUT2D eigenvalue weighted by Gasteiger charge is 1.95. The summed E-state index contributed by atoms with van der Waals surface area (Å²) in [5, 5.41) is 12.0. The third-order valence-electron chi connectivity index (χ3n) is 1.95. The molecule has 0 fully saturated rings. The van der Waals surface area contributed by atoms with Crippen LogP contribution in [0.4, 0.5) is 4.79 Å². The van der Waals surface area contributed by atoms with Crippen LogP contribution in [-0.4, -0.2) is 18.9 Å². The molecule has 0 saturated carbocycles. The van der Waals surface area contributed by atoms with Gasteiger partial charge in [0, 0.05) is 6.42 Å². The lowest BCUT2D eigenvalue weighted by Gasteiger charge is -2.05. The fraction of sp³-hybridized carbons (Fsp3) is 0.250. The fourth-order valence-electron chi connectivity index (χ4n) is 1.20. The van der Waals surface area contributed by atoms with E-state index >= 15 is 0 Å². The summed E-state index contributed by atoms with van der Waals surface area (Å²) >= 11 is 0. The van der Waals surface area contributed by atoms with Crippen molar-refractivity contribution in [2.24, 2.45) is 10.8 Å². The highest BCUT2D eigenvalue weighted by atomic mass is 16.5. The van der Waals surface area contributed by atoms with Gasteiger partial charge in [-0.2, -0.15) is 10.4 Å². The van der Waals surface area contributed by atoms with Gasteiger partial charge in [-0.05, 0) is 24.1 Å². The molecule has 1 rings (SSSR count). The predicted octanol–water partition coefficient (Wildman–Crippen LogP) is 1.37. The van der Waals surface area contributed by atoms with Crippen molar-refractivity contribution >= 4 is 12.2 Å². The number of rotatable bonds is 6. The predicted molar refractivity (Wildman–Crippen MR) is 67.1 cm³/mol. The summed E-state index contributed by atoms with van der Waals surface area (Å²) < 4.78 is 5.45. The highest BCUT2D eigenvalue weighted by Crippen LogP contribution is 2.12. The van der Waals surface area contributed by atoms with E-state index in [1.54, 1.807) is 6.07 Å². The fourth-order valence-corrected chi connectivity index (χ4v) is 1.20. The van der Waals surface area contributed by atoms with Crippen LogP contribution in [-0.2, 0) is 0 Å². The molecule has 0 heterocycles. The first-order valence-corrected chi connectivity index (χ1v) is 5.40. The number of hydrazone groups is 1. The zero-order chi connectivity index (χ0) is 13.2. The maximum Gasteiger partial charge on any atom is 0.332 e. The number of amides is 2. The van der Waals surface area contributed by atoms with E-state index in [4.69, 9.17) is 15.7 Å². The Labute approximate surface area is 105 Å². The molecule has 0 aliphatic rings. The molecule has 0 aliphatic carbocycles. The van der Waals surface area contributed by atoms with Crippen LogP contribution in [0.5, 0.6) is 5.75 Å². The van der Waals surface area contributed by atoms with Gasteiger partial charge in [-0.25, -0.2) is 10.2 Å². The Morgan fingerprint density at radius 2 is 2.44 bits per heavy atom. The van der Waals surface area contributed by atoms with Crippen molar-refractivity contribution in [3.05, 3.63) is 29.8 Å². The molecular formula is C12H14N4O2. The van der Waals surface area contributed by atoms with Crippen LogP contribution in [0.2, 0.25) is 0 Å². The van der Waals surface area contributed by atoms with Gasteiger partial charge < -0.3 is 10.5 Å². The van der Waals surface area contributed by atoms with Gasteiger partial charge in [-0.15, -0.1) is 0 Å². The summed E-state index contributed by atoms with van der Waals surface area (Å²) in [6.45, 7) is 0.494. The number of benzene rings is 1. The van der Waals surface area contributed by atoms with E-state index in [0.29, 0.717) is 25.2 Å². The molecule has 1 aromatic carbocycles. The average molecular weight is 246 g/mol. The molecule has 2 amide bonds. The molecule has 0 atom stereocenters. The van der Waals surface area contributed by atoms with E-state index in [9.17, 15) is 4.79 Å². The molecule has 6 nitrogen and oxygen atoms in total. The molecule has 0 unspecified atom stereocenters. The van der Waals surface area contributed by atoms with Crippen LogP contribution >= 0.6 is 0 Å². The summed E-state index contributed by atoms with van der Waals surface area (Å²) in [5.41, 5.74) is 7.75. The first-order chi connectivity index (χ1) is 8.72. The van der Waals surface area contributed by atoms with Crippen LogP contribution < -0.4 is 15.9 Å². The minimum absolute atomic E-state index is 0.476. The smallest absolute Gasteiger partial charge is 0.332 e. The number of unbranched alkanes of at least 4 members (excludes halogenated alkanes) is 1. The molecule has 3 N–H and O–H groups in total. The number of nitriles is 1. The lowest BCUT2D eigenvalue weighted by Crippen LogP contribution is -2.24. The third kappa shape index (κ3) is 5.51. The van der Waals surface area contributed by atoms with E-state index in [0.717, 1.165) is 5.56 Å². The second-order valence-corrected chi connectivity index (χ2v) is 3.42. The van der Waals surface area contributed by atoms with Gasteiger partial charge >= 0.3 is 6.03 Å². The Kier molecular flexibility index (Phi) is 5.77. The van der Waals surface area contributed by atoms with Crippen molar-refractivity contribution in [2.45, 2.75) is 12.8 Å². The van der Waals surface area contributed by atoms with Gasteiger partial charge in [0.25, 0.3) is 0 Å². The SMILES string of the molecule is N#CCCCOc1cccc(C=NNC(N)=O)c1. The zero-order valence-electron chi connectivity index (χ0n) is 9.80. The second kappa shape index (κ2) is 7.68. The molecule has 1 aromatic rings. The van der Waals surface area contributed by atoms with E-state index in [1.807, 2.05) is 18.2 Å². The number of ether oxygens (including phenoxy) is 1. The minimum atomic E-state index is -0.713. The summed E-state index contributed by atoms with van der Waals surface area (Å²) in [6, 6.07) is 8.55. The van der Waals surface area contributed by atoms with E-state index in [2.05, 4.69) is 16.6 Å². The molecule has 18 heavy (non-hydrogen) atoms. The number of carbonyl (C=O) groups is 1. The maximum atomic E-state index is 10.4. The number of hydrogen-bond acceptors (Lipinski definition) is 4. The third-order valence-corrected chi connectivity index (χ3v) is 1.95. The second-order valence-electron chi connectivity index (χ2n) is 3.42. The lowest BCUT2D eigenvalue weighted by atomic mass is 10.2. The molecule has 0 radical (unpaired) electrons. The average Bonchev–Trinajstić information content (AvgIpc) is 2.35. The molecule has 0 aliphatic heterocycles. The first kappa shape index (κ1) is 13.5. The molecule has 0 aromatic heterocycles. The van der Waals surface area contributed by atoms with Crippen molar-refractivity contribution in [3.8, 4) is 11.8 Å². The molecule has 94 valence electrons. The van der Waals surface area contributed by atoms with Gasteiger partial charge in [0.05, 0.1) is 18.9 Å². The Balaban J connectivity index is 2.49. The number of primary amides is 1. The first-order valence-electron chi connectivity index (χ1n) is 5.40. The van der Waals surface area contributed by atoms with Crippen molar-refractivity contribution in [1.29, 1.82) is 5.26 Å². The lowest BCUT2D eigenvalue weighted by molar-refractivity contribution is 0.249. The summed E-state index contributed by atoms with van der Waals surface area (Å²) in [7, 11) is 0. The molecule has 0 bridgehead atoms. The Hall–Kier alpha value is -2.55. The highest BCUT2D eigenvalue weighted by molar-refractivity contribution is 5.81. The number of nitrogens with one attached hydrogen (secondary N) is 1. The number of carbonyl (C=O) groups excluding carboxylic acids is 1. The maximum absolute atomic E-state index is 10.4. The van der Waals surface area contributed by atoms with Gasteiger partial charge in [-0.3, -0.25) is 0 Å². The van der Waals surface area contributed by atoms with Crippen molar-refractivity contribution in [2.75, 3.05) is 6.61 Å². The minimum Gasteiger partial charge on any atom is -0.494 e. The topological polar surface area (TPSA) is 100 Å². The molecule has 0 saturated heterocycles. The standard InChI is InChI=1S/C12H14N4O2/c13-6-1-2-7-18-11-5-3-4-10(8-11)9-15-16-12(14)17/h3-5,8-9H,1-2,7H2,(H3,14,16,17). The van der Waals surface area contributed by atoms with Crippen LogP contribution in [0.3, 0.4) is 0 Å². The molecule has 6 heteroatoms. The van der Waals surface area contributed by atoms with Gasteiger partial charge in [0.2, 0.25) is 0 Å². The number of hydrogen-bond donors (Lipinski definition) is 2. The van der Waals surface area contributed by atoms with Crippen molar-refractivity contribution in [3.63, 3.8) is 0 Å². The zero-order valence-corrected chi connectivity index (χ0v) is 9.80. The molecule has 0 spiro atoms. The summed E-state index contributed by atoms with van der Waals surface area (Å²) in [4.78, 5) is 10.4. The van der Waals surface area contributed by atoms with Crippen LogP contribution in [0.1, 0.15) is 18.4 Å². The van der Waals surface area contributed by atoms with Gasteiger partial charge in [0.15, 0.2) is 0 Å². The Morgan fingerprint density at radius 3 is 3.17 bits per heavy atom. The van der Waals surface area contributed by atoms with Crippen LogP contribution in [0, 0.1) is 11.3 Å². The van der Waals surface area contributed by atoms with Crippen LogP contribution in [0.15, 0.2) is 29.4 Å². The molecular weight excluding hydrogens is 232 g/mol. The number of nitrogens with zero attached hydrogens (tertiary/aromatic N) is 2. The number of urea groups is 1. The van der Waals surface area contributed by atoms with Crippen molar-refractivity contribution < 1.29 is 9.53 Å². The van der Waals surface area contributed by atoms with Gasteiger partial charge in [0.1, 0.15) is 5.75 Å².